The Hall–Kier alpha value is -2.55. The second-order valence-electron chi connectivity index (χ2n) is 6.34. The molecule has 2 aromatic carbocycles. The van der Waals surface area contributed by atoms with Crippen LogP contribution in [0, 0.1) is 6.92 Å². The van der Waals surface area contributed by atoms with E-state index in [0.717, 1.165) is 20.3 Å². The topological polar surface area (TPSA) is 77.2 Å². The van der Waals surface area contributed by atoms with E-state index in [9.17, 15) is 4.79 Å². The van der Waals surface area contributed by atoms with Crippen LogP contribution < -0.4 is 10.1 Å². The predicted octanol–water partition coefficient (Wildman–Crippen LogP) is 5.35. The van der Waals surface area contributed by atoms with Gasteiger partial charge in [0.25, 0.3) is 5.91 Å². The van der Waals surface area contributed by atoms with Gasteiger partial charge in [-0.15, -0.1) is 10.2 Å². The lowest BCUT2D eigenvalue weighted by molar-refractivity contribution is 0.0920. The number of nitrogens with zero attached hydrogens (tertiary/aromatic N) is 2. The SMILES string of the molecule is Cc1nnc(SCc2c(C(=O)NCCOc3cccc(Cl)c3)oc3ccccc23)s1. The molecule has 0 bridgehead atoms. The second kappa shape index (κ2) is 9.51. The van der Waals surface area contributed by atoms with Crippen molar-refractivity contribution in [2.75, 3.05) is 13.2 Å². The summed E-state index contributed by atoms with van der Waals surface area (Å²) >= 11 is 9.02. The van der Waals surface area contributed by atoms with Gasteiger partial charge in [-0.25, -0.2) is 0 Å². The van der Waals surface area contributed by atoms with Gasteiger partial charge in [0.05, 0.1) is 6.54 Å². The van der Waals surface area contributed by atoms with E-state index in [2.05, 4.69) is 15.5 Å². The Kier molecular flexibility index (Phi) is 6.56. The van der Waals surface area contributed by atoms with Crippen molar-refractivity contribution in [3.05, 3.63) is 69.9 Å². The summed E-state index contributed by atoms with van der Waals surface area (Å²) in [4.78, 5) is 12.8. The largest absolute Gasteiger partial charge is 0.492 e. The Morgan fingerprint density at radius 2 is 2.10 bits per heavy atom. The third-order valence-corrected chi connectivity index (χ3v) is 6.44. The van der Waals surface area contributed by atoms with E-state index < -0.39 is 0 Å². The second-order valence-corrected chi connectivity index (χ2v) is 9.18. The Morgan fingerprint density at radius 3 is 2.90 bits per heavy atom. The fourth-order valence-corrected chi connectivity index (χ4v) is 4.89. The summed E-state index contributed by atoms with van der Waals surface area (Å²) in [5.74, 6) is 1.26. The third kappa shape index (κ3) is 4.95. The molecule has 0 spiro atoms. The molecule has 0 aliphatic rings. The molecule has 0 aliphatic heterocycles. The molecular weight excluding hydrogens is 442 g/mol. The number of furan rings is 1. The van der Waals surface area contributed by atoms with Crippen LogP contribution in [0.5, 0.6) is 5.75 Å². The van der Waals surface area contributed by atoms with Crippen LogP contribution >= 0.6 is 34.7 Å². The smallest absolute Gasteiger partial charge is 0.287 e. The van der Waals surface area contributed by atoms with Crippen LogP contribution in [-0.4, -0.2) is 29.3 Å². The van der Waals surface area contributed by atoms with Crippen LogP contribution in [0.3, 0.4) is 0 Å². The van der Waals surface area contributed by atoms with Crippen molar-refractivity contribution in [1.82, 2.24) is 15.5 Å². The highest BCUT2D eigenvalue weighted by Gasteiger charge is 2.21. The first-order valence-corrected chi connectivity index (χ1v) is 11.4. The average Bonchev–Trinajstić information content (AvgIpc) is 3.33. The Labute approximate surface area is 186 Å². The molecule has 4 aromatic rings. The minimum Gasteiger partial charge on any atom is -0.492 e. The van der Waals surface area contributed by atoms with E-state index in [-0.39, 0.29) is 5.91 Å². The molecule has 1 N–H and O–H groups in total. The Bertz CT molecular complexity index is 1180. The number of hydrogen-bond donors (Lipinski definition) is 1. The van der Waals surface area contributed by atoms with E-state index in [1.807, 2.05) is 43.3 Å². The highest BCUT2D eigenvalue weighted by Crippen LogP contribution is 2.33. The number of aromatic nitrogens is 2. The van der Waals surface area contributed by atoms with Crippen molar-refractivity contribution < 1.29 is 13.9 Å². The number of rotatable bonds is 8. The van der Waals surface area contributed by atoms with Gasteiger partial charge in [0.2, 0.25) is 0 Å². The summed E-state index contributed by atoms with van der Waals surface area (Å²) in [5.41, 5.74) is 1.53. The standard InChI is InChI=1S/C21H18ClN3O3S2/c1-13-24-25-21(30-13)29-12-17-16-7-2-3-8-18(16)28-19(17)20(26)23-9-10-27-15-6-4-5-14(22)11-15/h2-8,11H,9-10,12H2,1H3,(H,23,26). The number of nitrogens with one attached hydrogen (secondary N) is 1. The van der Waals surface area contributed by atoms with Crippen LogP contribution in [0.25, 0.3) is 11.0 Å². The molecule has 1 amide bonds. The van der Waals surface area contributed by atoms with Crippen LogP contribution in [0.15, 0.2) is 57.3 Å². The lowest BCUT2D eigenvalue weighted by Crippen LogP contribution is -2.28. The number of aryl methyl sites for hydroxylation is 1. The summed E-state index contributed by atoms with van der Waals surface area (Å²) in [6.45, 7) is 2.57. The molecule has 0 saturated heterocycles. The van der Waals surface area contributed by atoms with Crippen molar-refractivity contribution in [2.24, 2.45) is 0 Å². The number of benzene rings is 2. The quantitative estimate of drug-likeness (QED) is 0.283. The summed E-state index contributed by atoms with van der Waals surface area (Å²) in [5, 5.41) is 13.5. The fraction of sp³-hybridized carbons (Fsp3) is 0.190. The van der Waals surface area contributed by atoms with Gasteiger partial charge in [0, 0.05) is 21.7 Å². The molecule has 0 unspecified atom stereocenters. The maximum Gasteiger partial charge on any atom is 0.287 e. The number of ether oxygens (including phenoxy) is 1. The summed E-state index contributed by atoms with van der Waals surface area (Å²) in [6, 6.07) is 14.8. The van der Waals surface area contributed by atoms with Crippen LogP contribution in [0.4, 0.5) is 0 Å². The van der Waals surface area contributed by atoms with E-state index in [0.29, 0.717) is 41.0 Å². The van der Waals surface area contributed by atoms with Crippen LogP contribution in [-0.2, 0) is 5.75 Å². The zero-order valence-electron chi connectivity index (χ0n) is 16.1. The average molecular weight is 460 g/mol. The molecule has 2 aromatic heterocycles. The number of fused-ring (bicyclic) bond motifs is 1. The number of hydrogen-bond acceptors (Lipinski definition) is 7. The van der Waals surface area contributed by atoms with E-state index in [1.54, 1.807) is 23.9 Å². The van der Waals surface area contributed by atoms with Crippen molar-refractivity contribution >= 4 is 51.6 Å². The van der Waals surface area contributed by atoms with E-state index in [4.69, 9.17) is 20.8 Å². The fourth-order valence-electron chi connectivity index (χ4n) is 2.87. The van der Waals surface area contributed by atoms with Gasteiger partial charge in [-0.05, 0) is 31.2 Å². The molecule has 0 fully saturated rings. The molecule has 0 aliphatic carbocycles. The molecular formula is C21H18ClN3O3S2. The molecule has 6 nitrogen and oxygen atoms in total. The first kappa shape index (κ1) is 20.7. The van der Waals surface area contributed by atoms with Crippen LogP contribution in [0.2, 0.25) is 5.02 Å². The highest BCUT2D eigenvalue weighted by molar-refractivity contribution is 8.00. The first-order valence-electron chi connectivity index (χ1n) is 9.20. The van der Waals surface area contributed by atoms with E-state index >= 15 is 0 Å². The van der Waals surface area contributed by atoms with Gasteiger partial charge in [-0.2, -0.15) is 0 Å². The van der Waals surface area contributed by atoms with Crippen molar-refractivity contribution in [3.63, 3.8) is 0 Å². The number of carbonyl (C=O) groups is 1. The molecule has 30 heavy (non-hydrogen) atoms. The molecule has 154 valence electrons. The van der Waals surface area contributed by atoms with Gasteiger partial charge < -0.3 is 14.5 Å². The zero-order valence-corrected chi connectivity index (χ0v) is 18.4. The van der Waals surface area contributed by atoms with Crippen LogP contribution in [0.1, 0.15) is 21.1 Å². The number of amides is 1. The number of thioether (sulfide) groups is 1. The molecule has 9 heteroatoms. The number of carbonyl (C=O) groups excluding carboxylic acids is 1. The molecule has 0 saturated carbocycles. The molecule has 0 atom stereocenters. The summed E-state index contributed by atoms with van der Waals surface area (Å²) < 4.78 is 12.4. The number of halogens is 1. The van der Waals surface area contributed by atoms with Gasteiger partial charge >= 0.3 is 0 Å². The predicted molar refractivity (Wildman–Crippen MR) is 120 cm³/mol. The minimum absolute atomic E-state index is 0.273. The summed E-state index contributed by atoms with van der Waals surface area (Å²) in [7, 11) is 0. The van der Waals surface area contributed by atoms with Crippen molar-refractivity contribution in [1.29, 1.82) is 0 Å². The van der Waals surface area contributed by atoms with Gasteiger partial charge in [0.15, 0.2) is 10.1 Å². The maximum atomic E-state index is 12.8. The van der Waals surface area contributed by atoms with E-state index in [1.165, 1.54) is 11.3 Å². The third-order valence-electron chi connectivity index (χ3n) is 4.20. The lowest BCUT2D eigenvalue weighted by Gasteiger charge is -2.08. The van der Waals surface area contributed by atoms with Crippen molar-refractivity contribution in [3.8, 4) is 5.75 Å². The van der Waals surface area contributed by atoms with Gasteiger partial charge in [-0.1, -0.05) is 59.0 Å². The Balaban J connectivity index is 1.43. The van der Waals surface area contributed by atoms with Gasteiger partial charge in [0.1, 0.15) is 22.9 Å². The van der Waals surface area contributed by atoms with Crippen molar-refractivity contribution in [2.45, 2.75) is 17.0 Å². The zero-order chi connectivity index (χ0) is 20.9. The monoisotopic (exact) mass is 459 g/mol. The summed E-state index contributed by atoms with van der Waals surface area (Å²) in [6.07, 6.45) is 0. The minimum atomic E-state index is -0.273. The van der Waals surface area contributed by atoms with Gasteiger partial charge in [-0.3, -0.25) is 4.79 Å². The maximum absolute atomic E-state index is 12.8. The molecule has 4 rings (SSSR count). The molecule has 0 radical (unpaired) electrons. The lowest BCUT2D eigenvalue weighted by atomic mass is 10.1. The highest BCUT2D eigenvalue weighted by atomic mass is 35.5. The number of para-hydroxylation sites is 1. The Morgan fingerprint density at radius 1 is 1.23 bits per heavy atom. The normalized spacial score (nSPS) is 11.0. The molecule has 2 heterocycles. The first-order chi connectivity index (χ1) is 14.6.